The highest BCUT2D eigenvalue weighted by Gasteiger charge is 2.39. The number of nitrogens with zero attached hydrogens (tertiary/aromatic N) is 2. The Morgan fingerprint density at radius 1 is 1.36 bits per heavy atom. The van der Waals surface area contributed by atoms with Crippen LogP contribution in [0, 0.1) is 23.7 Å². The molecular weight excluding hydrogens is 444 g/mol. The van der Waals surface area contributed by atoms with E-state index in [0.717, 1.165) is 12.8 Å². The number of fused-ring (bicyclic) bond motifs is 1. The number of hydrogen-bond donors (Lipinski definition) is 2. The molecule has 1 heterocycles. The Bertz CT molecular complexity index is 1050. The predicted octanol–water partition coefficient (Wildman–Crippen LogP) is 1.45. The van der Waals surface area contributed by atoms with Crippen molar-refractivity contribution in [1.29, 1.82) is 0 Å². The Hall–Kier alpha value is -2.12. The van der Waals surface area contributed by atoms with Gasteiger partial charge in [0.1, 0.15) is 22.4 Å². The molecule has 0 aromatic heterocycles. The van der Waals surface area contributed by atoms with E-state index >= 15 is 0 Å². The van der Waals surface area contributed by atoms with Crippen molar-refractivity contribution in [2.45, 2.75) is 63.2 Å². The molecule has 0 saturated heterocycles. The summed E-state index contributed by atoms with van der Waals surface area (Å²) < 4.78 is 34.5. The molecule has 1 aliphatic heterocycles. The molecule has 3 atom stereocenters. The Labute approximate surface area is 196 Å². The molecule has 8 nitrogen and oxygen atoms in total. The van der Waals surface area contributed by atoms with Crippen LogP contribution in [0.2, 0.25) is 0 Å². The van der Waals surface area contributed by atoms with E-state index in [0.29, 0.717) is 12.1 Å². The Kier molecular flexibility index (Phi) is 7.44. The summed E-state index contributed by atoms with van der Waals surface area (Å²) in [6.45, 7) is 6.82. The highest BCUT2D eigenvalue weighted by molar-refractivity contribution is 7.89. The minimum absolute atomic E-state index is 0.00955. The van der Waals surface area contributed by atoms with E-state index in [1.807, 2.05) is 6.92 Å². The molecule has 0 radical (unpaired) electrons. The third-order valence-electron chi connectivity index (χ3n) is 5.94. The molecule has 1 aliphatic carbocycles. The van der Waals surface area contributed by atoms with Crippen molar-refractivity contribution in [3.05, 3.63) is 23.8 Å². The zero-order valence-corrected chi connectivity index (χ0v) is 20.7. The molecule has 1 saturated carbocycles. The lowest BCUT2D eigenvalue weighted by molar-refractivity contribution is -0.132. The second-order valence-electron chi connectivity index (χ2n) is 9.70. The molecule has 2 aliphatic rings. The van der Waals surface area contributed by atoms with Gasteiger partial charge in [-0.05, 0) is 51.8 Å². The van der Waals surface area contributed by atoms with Crippen molar-refractivity contribution >= 4 is 15.9 Å². The third-order valence-corrected chi connectivity index (χ3v) is 7.96. The fourth-order valence-electron chi connectivity index (χ4n) is 3.75. The second kappa shape index (κ2) is 9.63. The Balaban J connectivity index is 2.04. The first kappa shape index (κ1) is 25.5. The lowest BCUT2D eigenvalue weighted by Crippen LogP contribution is -2.50. The summed E-state index contributed by atoms with van der Waals surface area (Å²) in [5, 5.41) is 19.6. The quantitative estimate of drug-likeness (QED) is 0.621. The van der Waals surface area contributed by atoms with Gasteiger partial charge in [-0.1, -0.05) is 18.8 Å². The summed E-state index contributed by atoms with van der Waals surface area (Å²) in [6, 6.07) is 3.96. The summed E-state index contributed by atoms with van der Waals surface area (Å²) >= 11 is 0. The molecule has 0 unspecified atom stereocenters. The van der Waals surface area contributed by atoms with Crippen LogP contribution in [0.5, 0.6) is 5.75 Å². The monoisotopic (exact) mass is 478 g/mol. The maximum absolute atomic E-state index is 13.5. The number of aliphatic hydroxyl groups is 2. The minimum atomic E-state index is -3.95. The van der Waals surface area contributed by atoms with Gasteiger partial charge in [-0.3, -0.25) is 4.79 Å². The molecule has 182 valence electrons. The predicted molar refractivity (Wildman–Crippen MR) is 124 cm³/mol. The molecule has 0 spiro atoms. The van der Waals surface area contributed by atoms with Crippen LogP contribution in [0.3, 0.4) is 0 Å². The molecule has 3 rings (SSSR count). The number of rotatable bonds is 5. The fourth-order valence-corrected chi connectivity index (χ4v) is 5.57. The molecule has 1 fully saturated rings. The average molecular weight is 479 g/mol. The van der Waals surface area contributed by atoms with Crippen LogP contribution < -0.4 is 4.74 Å². The highest BCUT2D eigenvalue weighted by atomic mass is 32.2. The van der Waals surface area contributed by atoms with Crippen LogP contribution >= 0.6 is 0 Å². The van der Waals surface area contributed by atoms with Gasteiger partial charge in [0, 0.05) is 37.0 Å². The average Bonchev–Trinajstić information content (AvgIpc) is 3.58. The van der Waals surface area contributed by atoms with Crippen LogP contribution in [0.4, 0.5) is 0 Å². The molecule has 1 aromatic rings. The molecule has 9 heteroatoms. The van der Waals surface area contributed by atoms with Crippen molar-refractivity contribution in [3.63, 3.8) is 0 Å². The van der Waals surface area contributed by atoms with Crippen LogP contribution in [0.1, 0.15) is 46.1 Å². The number of likely N-dealkylation sites (N-methyl/N-ethyl adjacent to an activating group) is 1. The van der Waals surface area contributed by atoms with E-state index in [9.17, 15) is 23.4 Å². The van der Waals surface area contributed by atoms with Crippen LogP contribution in [0.25, 0.3) is 0 Å². The molecule has 1 amide bonds. The molecule has 1 aromatic carbocycles. The standard InChI is InChI=1S/C24H34N2O6S/c1-16-13-26(17(2)15-27)33(30,31)22-9-6-18(10-11-24(3,4)29)12-20(22)32-21(16)14-25(5)23(28)19-7-8-19/h6,9,12,16-17,19,21,27,29H,7-8,13-15H2,1-5H3/t16-,17+,21-/m0/s1. The fraction of sp³-hybridized carbons (Fsp3) is 0.625. The van der Waals surface area contributed by atoms with Crippen LogP contribution in [-0.4, -0.2) is 78.2 Å². The van der Waals surface area contributed by atoms with Crippen LogP contribution in [0.15, 0.2) is 23.1 Å². The summed E-state index contributed by atoms with van der Waals surface area (Å²) in [5.74, 6) is 5.63. The van der Waals surface area contributed by atoms with E-state index in [1.165, 1.54) is 10.4 Å². The molecule has 0 bridgehead atoms. The maximum Gasteiger partial charge on any atom is 0.247 e. The Morgan fingerprint density at radius 3 is 2.61 bits per heavy atom. The first-order valence-electron chi connectivity index (χ1n) is 11.3. The van der Waals surface area contributed by atoms with Crippen molar-refractivity contribution in [1.82, 2.24) is 9.21 Å². The van der Waals surface area contributed by atoms with Gasteiger partial charge in [0.2, 0.25) is 15.9 Å². The Morgan fingerprint density at radius 2 is 2.03 bits per heavy atom. The molecule has 2 N–H and O–H groups in total. The van der Waals surface area contributed by atoms with Gasteiger partial charge in [-0.15, -0.1) is 0 Å². The topological polar surface area (TPSA) is 107 Å². The lowest BCUT2D eigenvalue weighted by Gasteiger charge is -2.37. The number of carbonyl (C=O) groups excluding carboxylic acids is 1. The van der Waals surface area contributed by atoms with E-state index in [2.05, 4.69) is 11.8 Å². The van der Waals surface area contributed by atoms with E-state index in [-0.39, 0.29) is 41.5 Å². The number of sulfonamides is 1. The largest absolute Gasteiger partial charge is 0.487 e. The SMILES string of the molecule is C[C@H](CO)N1C[C@H](C)[C@H](CN(C)C(=O)C2CC2)Oc2cc(C#CC(C)(C)O)ccc2S1(=O)=O. The van der Waals surface area contributed by atoms with Gasteiger partial charge in [0.15, 0.2) is 0 Å². The van der Waals surface area contributed by atoms with E-state index < -0.39 is 27.8 Å². The number of ether oxygens (including phenoxy) is 1. The molecular formula is C24H34N2O6S. The number of aliphatic hydroxyl groups excluding tert-OH is 1. The summed E-state index contributed by atoms with van der Waals surface area (Å²) in [4.78, 5) is 14.2. The molecule has 33 heavy (non-hydrogen) atoms. The number of carbonyl (C=O) groups is 1. The zero-order chi connectivity index (χ0) is 24.6. The summed E-state index contributed by atoms with van der Waals surface area (Å²) in [7, 11) is -2.21. The lowest BCUT2D eigenvalue weighted by atomic mass is 10.0. The number of hydrogen-bond acceptors (Lipinski definition) is 6. The highest BCUT2D eigenvalue weighted by Crippen LogP contribution is 2.35. The first-order chi connectivity index (χ1) is 15.3. The maximum atomic E-state index is 13.5. The first-order valence-corrected chi connectivity index (χ1v) is 12.7. The van der Waals surface area contributed by atoms with E-state index in [1.54, 1.807) is 44.9 Å². The normalized spacial score (nSPS) is 23.7. The van der Waals surface area contributed by atoms with Gasteiger partial charge < -0.3 is 19.8 Å². The third kappa shape index (κ3) is 6.07. The smallest absolute Gasteiger partial charge is 0.247 e. The van der Waals surface area contributed by atoms with Gasteiger partial charge in [0.05, 0.1) is 13.2 Å². The number of amides is 1. The van der Waals surface area contributed by atoms with Gasteiger partial charge in [-0.2, -0.15) is 4.31 Å². The van der Waals surface area contributed by atoms with Crippen molar-refractivity contribution in [3.8, 4) is 17.6 Å². The second-order valence-corrected chi connectivity index (χ2v) is 11.6. The van der Waals surface area contributed by atoms with Crippen molar-refractivity contribution < 1.29 is 28.2 Å². The minimum Gasteiger partial charge on any atom is -0.487 e. The zero-order valence-electron chi connectivity index (χ0n) is 19.9. The van der Waals surface area contributed by atoms with Crippen LogP contribution in [-0.2, 0) is 14.8 Å². The van der Waals surface area contributed by atoms with Gasteiger partial charge in [0.25, 0.3) is 0 Å². The van der Waals surface area contributed by atoms with Gasteiger partial charge in [-0.25, -0.2) is 8.42 Å². The number of benzene rings is 1. The summed E-state index contributed by atoms with van der Waals surface area (Å²) in [5.41, 5.74) is -0.699. The van der Waals surface area contributed by atoms with Crippen molar-refractivity contribution in [2.24, 2.45) is 11.8 Å². The van der Waals surface area contributed by atoms with Gasteiger partial charge >= 0.3 is 0 Å². The summed E-state index contributed by atoms with van der Waals surface area (Å²) in [6.07, 6.45) is 1.34. The van der Waals surface area contributed by atoms with Crippen molar-refractivity contribution in [2.75, 3.05) is 26.7 Å². The van der Waals surface area contributed by atoms with E-state index in [4.69, 9.17) is 4.74 Å².